The highest BCUT2D eigenvalue weighted by Gasteiger charge is 2.16. The van der Waals surface area contributed by atoms with Crippen molar-refractivity contribution in [3.8, 4) is 17.1 Å². The second-order valence-electron chi connectivity index (χ2n) is 3.42. The molecule has 0 amide bonds. The van der Waals surface area contributed by atoms with Crippen LogP contribution in [-0.4, -0.2) is 16.5 Å². The highest BCUT2D eigenvalue weighted by Crippen LogP contribution is 2.39. The number of hydrogen-bond donors (Lipinski definition) is 2. The van der Waals surface area contributed by atoms with Gasteiger partial charge in [0.15, 0.2) is 11.6 Å². The van der Waals surface area contributed by atoms with Crippen molar-refractivity contribution in [3.63, 3.8) is 0 Å². The number of thioether (sulfide) groups is 1. The third kappa shape index (κ3) is 1.74. The molecular weight excluding hydrogens is 224 g/mol. The predicted molar refractivity (Wildman–Crippen MR) is 64.5 cm³/mol. The van der Waals surface area contributed by atoms with Crippen molar-refractivity contribution in [1.29, 1.82) is 0 Å². The van der Waals surface area contributed by atoms with Crippen molar-refractivity contribution >= 4 is 17.6 Å². The van der Waals surface area contributed by atoms with Gasteiger partial charge < -0.3 is 15.4 Å². The van der Waals surface area contributed by atoms with E-state index in [0.29, 0.717) is 17.1 Å². The van der Waals surface area contributed by atoms with Crippen molar-refractivity contribution in [1.82, 2.24) is 5.16 Å². The zero-order valence-corrected chi connectivity index (χ0v) is 9.84. The Morgan fingerprint density at radius 3 is 2.75 bits per heavy atom. The first-order valence-corrected chi connectivity index (χ1v) is 5.95. The lowest BCUT2D eigenvalue weighted by atomic mass is 10.1. The van der Waals surface area contributed by atoms with Crippen molar-refractivity contribution in [2.24, 2.45) is 0 Å². The van der Waals surface area contributed by atoms with Crippen LogP contribution in [0.5, 0.6) is 5.75 Å². The fraction of sp³-hybridized carbons (Fsp3) is 0.182. The van der Waals surface area contributed by atoms with Crippen LogP contribution in [0.25, 0.3) is 11.3 Å². The van der Waals surface area contributed by atoms with Crippen LogP contribution in [0.2, 0.25) is 0 Å². The van der Waals surface area contributed by atoms with Crippen molar-refractivity contribution in [2.75, 3.05) is 12.0 Å². The van der Waals surface area contributed by atoms with Gasteiger partial charge in [0.1, 0.15) is 5.75 Å². The van der Waals surface area contributed by atoms with E-state index >= 15 is 0 Å². The molecule has 1 heterocycles. The first-order valence-electron chi connectivity index (χ1n) is 4.72. The predicted octanol–water partition coefficient (Wildman–Crippen LogP) is 2.66. The number of aromatic hydroxyl groups is 1. The van der Waals surface area contributed by atoms with E-state index in [1.54, 1.807) is 6.07 Å². The molecule has 0 saturated heterocycles. The highest BCUT2D eigenvalue weighted by molar-refractivity contribution is 7.98. The molecule has 2 aromatic rings. The summed E-state index contributed by atoms with van der Waals surface area (Å²) in [6.07, 6.45) is 1.94. The Balaban J connectivity index is 2.66. The zero-order valence-electron chi connectivity index (χ0n) is 9.02. The maximum atomic E-state index is 10.0. The summed E-state index contributed by atoms with van der Waals surface area (Å²) in [4.78, 5) is 0.930. The number of nitrogens with zero attached hydrogens (tertiary/aromatic N) is 1. The van der Waals surface area contributed by atoms with Gasteiger partial charge in [0.2, 0.25) is 0 Å². The number of nitrogens with two attached hydrogens (primary N) is 1. The molecule has 0 aliphatic heterocycles. The van der Waals surface area contributed by atoms with Crippen molar-refractivity contribution < 1.29 is 9.63 Å². The number of aromatic nitrogens is 1. The Kier molecular flexibility index (Phi) is 2.78. The van der Waals surface area contributed by atoms with Crippen molar-refractivity contribution in [3.05, 3.63) is 23.8 Å². The molecule has 5 heteroatoms. The van der Waals surface area contributed by atoms with Gasteiger partial charge in [-0.1, -0.05) is 11.2 Å². The minimum absolute atomic E-state index is 0.211. The smallest absolute Gasteiger partial charge is 0.173 e. The number of rotatable bonds is 2. The first-order chi connectivity index (χ1) is 7.63. The van der Waals surface area contributed by atoms with Crippen LogP contribution < -0.4 is 5.73 Å². The van der Waals surface area contributed by atoms with E-state index in [1.165, 1.54) is 11.8 Å². The van der Waals surface area contributed by atoms with Crippen LogP contribution >= 0.6 is 11.8 Å². The van der Waals surface area contributed by atoms with E-state index in [-0.39, 0.29) is 5.75 Å². The van der Waals surface area contributed by atoms with Gasteiger partial charge in [-0.15, -0.1) is 11.8 Å². The lowest BCUT2D eigenvalue weighted by molar-refractivity contribution is 0.427. The summed E-state index contributed by atoms with van der Waals surface area (Å²) in [6.45, 7) is 1.84. The van der Waals surface area contributed by atoms with Gasteiger partial charge in [0.05, 0.1) is 5.56 Å². The quantitative estimate of drug-likeness (QED) is 0.784. The van der Waals surface area contributed by atoms with Crippen LogP contribution in [0.1, 0.15) is 5.56 Å². The van der Waals surface area contributed by atoms with Crippen LogP contribution in [0, 0.1) is 6.92 Å². The fourth-order valence-corrected chi connectivity index (χ4v) is 2.10. The van der Waals surface area contributed by atoms with Crippen LogP contribution in [0.3, 0.4) is 0 Å². The molecule has 0 unspecified atom stereocenters. The normalized spacial score (nSPS) is 10.6. The monoisotopic (exact) mass is 236 g/mol. The van der Waals surface area contributed by atoms with E-state index in [9.17, 15) is 5.11 Å². The Morgan fingerprint density at radius 1 is 1.44 bits per heavy atom. The molecule has 2 rings (SSSR count). The van der Waals surface area contributed by atoms with E-state index in [1.807, 2.05) is 25.3 Å². The Bertz CT molecular complexity index is 523. The summed E-state index contributed by atoms with van der Waals surface area (Å²) in [7, 11) is 0. The lowest BCUT2D eigenvalue weighted by Crippen LogP contribution is -1.85. The largest absolute Gasteiger partial charge is 0.507 e. The summed E-state index contributed by atoms with van der Waals surface area (Å²) < 4.78 is 5.08. The number of hydrogen-bond acceptors (Lipinski definition) is 5. The number of benzene rings is 1. The second kappa shape index (κ2) is 4.09. The lowest BCUT2D eigenvalue weighted by Gasteiger charge is -2.08. The van der Waals surface area contributed by atoms with E-state index in [0.717, 1.165) is 10.5 Å². The fourth-order valence-electron chi connectivity index (χ4n) is 1.49. The highest BCUT2D eigenvalue weighted by atomic mass is 32.2. The molecule has 84 valence electrons. The van der Waals surface area contributed by atoms with Gasteiger partial charge in [0, 0.05) is 11.0 Å². The third-order valence-corrected chi connectivity index (χ3v) is 3.12. The van der Waals surface area contributed by atoms with Gasteiger partial charge in [0.25, 0.3) is 0 Å². The average Bonchev–Trinajstić information content (AvgIpc) is 2.68. The SMILES string of the molecule is CSc1ccc(C)c(O)c1-c1cc(N)no1. The summed E-state index contributed by atoms with van der Waals surface area (Å²) in [5.41, 5.74) is 6.95. The number of aryl methyl sites for hydroxylation is 1. The standard InChI is InChI=1S/C11H12N2O2S/c1-6-3-4-8(16-2)10(11(6)14)7-5-9(12)13-15-7/h3-5,14H,1-2H3,(H2,12,13). The molecule has 16 heavy (non-hydrogen) atoms. The van der Waals surface area contributed by atoms with Crippen molar-refractivity contribution in [2.45, 2.75) is 11.8 Å². The van der Waals surface area contributed by atoms with Gasteiger partial charge in [-0.05, 0) is 24.8 Å². The molecule has 0 radical (unpaired) electrons. The maximum absolute atomic E-state index is 10.0. The Labute approximate surface area is 97.4 Å². The van der Waals surface area contributed by atoms with Gasteiger partial charge in [-0.3, -0.25) is 0 Å². The average molecular weight is 236 g/mol. The molecule has 0 spiro atoms. The minimum Gasteiger partial charge on any atom is -0.507 e. The molecule has 0 aliphatic rings. The molecule has 3 N–H and O–H groups in total. The summed E-state index contributed by atoms with van der Waals surface area (Å²) in [5, 5.41) is 13.7. The molecule has 1 aromatic carbocycles. The number of phenols is 1. The number of nitrogen functional groups attached to an aromatic ring is 1. The molecule has 0 bridgehead atoms. The Morgan fingerprint density at radius 2 is 2.19 bits per heavy atom. The van der Waals surface area contributed by atoms with Crippen LogP contribution in [0.4, 0.5) is 5.82 Å². The van der Waals surface area contributed by atoms with Crippen LogP contribution in [0.15, 0.2) is 27.6 Å². The second-order valence-corrected chi connectivity index (χ2v) is 4.27. The van der Waals surface area contributed by atoms with Gasteiger partial charge in [-0.25, -0.2) is 0 Å². The first kappa shape index (κ1) is 10.9. The summed E-state index contributed by atoms with van der Waals surface area (Å²) in [5.74, 6) is 1.01. The molecular formula is C11H12N2O2S. The summed E-state index contributed by atoms with van der Waals surface area (Å²) in [6, 6.07) is 5.41. The molecule has 0 fully saturated rings. The molecule has 0 saturated carbocycles. The minimum atomic E-state index is 0.211. The van der Waals surface area contributed by atoms with Gasteiger partial charge >= 0.3 is 0 Å². The van der Waals surface area contributed by atoms with E-state index < -0.39 is 0 Å². The Hall–Kier alpha value is -1.62. The molecule has 0 aliphatic carbocycles. The maximum Gasteiger partial charge on any atom is 0.173 e. The molecule has 0 atom stereocenters. The molecule has 1 aromatic heterocycles. The third-order valence-electron chi connectivity index (χ3n) is 2.34. The van der Waals surface area contributed by atoms with E-state index in [4.69, 9.17) is 10.3 Å². The number of anilines is 1. The van der Waals surface area contributed by atoms with Gasteiger partial charge in [-0.2, -0.15) is 0 Å². The topological polar surface area (TPSA) is 72.3 Å². The van der Waals surface area contributed by atoms with E-state index in [2.05, 4.69) is 5.16 Å². The molecule has 4 nitrogen and oxygen atoms in total. The van der Waals surface area contributed by atoms with Crippen LogP contribution in [-0.2, 0) is 0 Å². The zero-order chi connectivity index (χ0) is 11.7. The summed E-state index contributed by atoms with van der Waals surface area (Å²) >= 11 is 1.53. The number of phenolic OH excluding ortho intramolecular Hbond substituents is 1.